The summed E-state index contributed by atoms with van der Waals surface area (Å²) in [6.45, 7) is 10.1. The highest BCUT2D eigenvalue weighted by Gasteiger charge is 2.27. The summed E-state index contributed by atoms with van der Waals surface area (Å²) >= 11 is 1.94. The van der Waals surface area contributed by atoms with Crippen LogP contribution >= 0.6 is 11.3 Å². The third kappa shape index (κ3) is 3.59. The Kier molecular flexibility index (Phi) is 5.43. The maximum atomic E-state index is 6.05. The Bertz CT molecular complexity index is 378. The van der Waals surface area contributed by atoms with Crippen LogP contribution in [0.1, 0.15) is 49.4 Å². The van der Waals surface area contributed by atoms with Gasteiger partial charge in [0.15, 0.2) is 0 Å². The predicted molar refractivity (Wildman–Crippen MR) is 84.6 cm³/mol. The highest BCUT2D eigenvalue weighted by molar-refractivity contribution is 7.12. The van der Waals surface area contributed by atoms with E-state index in [1.54, 1.807) is 0 Å². The molecule has 0 aliphatic carbocycles. The van der Waals surface area contributed by atoms with E-state index in [-0.39, 0.29) is 0 Å². The zero-order valence-electron chi connectivity index (χ0n) is 12.6. The zero-order valence-corrected chi connectivity index (χ0v) is 13.4. The molecule has 2 N–H and O–H groups in total. The lowest BCUT2D eigenvalue weighted by Crippen LogP contribution is -2.40. The van der Waals surface area contributed by atoms with Gasteiger partial charge in [-0.3, -0.25) is 4.90 Å². The van der Waals surface area contributed by atoms with Crippen molar-refractivity contribution in [3.05, 3.63) is 21.9 Å². The van der Waals surface area contributed by atoms with Crippen LogP contribution in [0.15, 0.2) is 12.1 Å². The number of piperidine rings is 1. The molecular formula is C16H28N2S. The lowest BCUT2D eigenvalue weighted by Gasteiger charge is -2.38. The highest BCUT2D eigenvalue weighted by Crippen LogP contribution is 2.32. The van der Waals surface area contributed by atoms with Crippen LogP contribution in [0.25, 0.3) is 0 Å². The molecule has 1 atom stereocenters. The van der Waals surface area contributed by atoms with Gasteiger partial charge in [-0.25, -0.2) is 0 Å². The molecule has 1 aliphatic rings. The van der Waals surface area contributed by atoms with E-state index in [0.29, 0.717) is 6.04 Å². The lowest BCUT2D eigenvalue weighted by atomic mass is 9.86. The van der Waals surface area contributed by atoms with Crippen molar-refractivity contribution in [3.8, 4) is 0 Å². The molecule has 2 nitrogen and oxygen atoms in total. The summed E-state index contributed by atoms with van der Waals surface area (Å²) in [7, 11) is 0. The van der Waals surface area contributed by atoms with Crippen molar-refractivity contribution in [1.29, 1.82) is 0 Å². The van der Waals surface area contributed by atoms with Gasteiger partial charge in [-0.05, 0) is 56.3 Å². The number of nitrogens with two attached hydrogens (primary N) is 1. The van der Waals surface area contributed by atoms with E-state index < -0.39 is 0 Å². The Morgan fingerprint density at radius 2 is 2.00 bits per heavy atom. The van der Waals surface area contributed by atoms with Crippen LogP contribution in [-0.4, -0.2) is 24.5 Å². The molecule has 1 unspecified atom stereocenters. The van der Waals surface area contributed by atoms with Crippen LogP contribution < -0.4 is 5.73 Å². The second kappa shape index (κ2) is 6.87. The van der Waals surface area contributed by atoms with E-state index in [1.165, 1.54) is 35.7 Å². The first-order valence-corrected chi connectivity index (χ1v) is 8.50. The van der Waals surface area contributed by atoms with Crippen LogP contribution in [0.2, 0.25) is 0 Å². The minimum absolute atomic E-state index is 0.443. The van der Waals surface area contributed by atoms with Crippen LogP contribution in [0.5, 0.6) is 0 Å². The fourth-order valence-corrected chi connectivity index (χ4v) is 4.21. The van der Waals surface area contributed by atoms with Crippen molar-refractivity contribution in [3.63, 3.8) is 0 Å². The number of rotatable bonds is 5. The van der Waals surface area contributed by atoms with Gasteiger partial charge in [0.1, 0.15) is 0 Å². The first-order chi connectivity index (χ1) is 9.15. The van der Waals surface area contributed by atoms with E-state index in [9.17, 15) is 0 Å². The largest absolute Gasteiger partial charge is 0.329 e. The summed E-state index contributed by atoms with van der Waals surface area (Å²) in [5.74, 6) is 1.73. The van der Waals surface area contributed by atoms with Crippen molar-refractivity contribution < 1.29 is 0 Å². The summed E-state index contributed by atoms with van der Waals surface area (Å²) in [5.41, 5.74) is 6.05. The maximum Gasteiger partial charge on any atom is 0.0564 e. The fourth-order valence-electron chi connectivity index (χ4n) is 3.11. The van der Waals surface area contributed by atoms with Crippen LogP contribution in [0.3, 0.4) is 0 Å². The van der Waals surface area contributed by atoms with Gasteiger partial charge in [-0.15, -0.1) is 11.3 Å². The number of likely N-dealkylation sites (tertiary alicyclic amines) is 1. The van der Waals surface area contributed by atoms with Crippen LogP contribution in [-0.2, 0) is 6.42 Å². The van der Waals surface area contributed by atoms with E-state index in [0.717, 1.165) is 24.8 Å². The van der Waals surface area contributed by atoms with E-state index >= 15 is 0 Å². The Balaban J connectivity index is 1.99. The SMILES string of the molecule is CCc1ccc(C(CN)N2CCC(C(C)C)CC2)s1. The van der Waals surface area contributed by atoms with Crippen molar-refractivity contribution >= 4 is 11.3 Å². The third-order valence-electron chi connectivity index (χ3n) is 4.54. The molecule has 0 saturated carbocycles. The molecule has 1 aliphatic heterocycles. The van der Waals surface area contributed by atoms with Gasteiger partial charge in [0.05, 0.1) is 6.04 Å². The topological polar surface area (TPSA) is 29.3 Å². The summed E-state index contributed by atoms with van der Waals surface area (Å²) in [6.07, 6.45) is 3.80. The molecule has 108 valence electrons. The Labute approximate surface area is 122 Å². The average molecular weight is 280 g/mol. The third-order valence-corrected chi connectivity index (χ3v) is 5.87. The molecule has 3 heteroatoms. The van der Waals surface area contributed by atoms with Gasteiger partial charge in [-0.1, -0.05) is 20.8 Å². The van der Waals surface area contributed by atoms with Gasteiger partial charge in [-0.2, -0.15) is 0 Å². The Morgan fingerprint density at radius 1 is 1.32 bits per heavy atom. The molecule has 0 amide bonds. The second-order valence-electron chi connectivity index (χ2n) is 6.03. The van der Waals surface area contributed by atoms with Crippen LogP contribution in [0.4, 0.5) is 0 Å². The number of hydrogen-bond donors (Lipinski definition) is 1. The number of hydrogen-bond acceptors (Lipinski definition) is 3. The predicted octanol–water partition coefficient (Wildman–Crippen LogP) is 3.68. The summed E-state index contributed by atoms with van der Waals surface area (Å²) in [4.78, 5) is 5.54. The maximum absolute atomic E-state index is 6.05. The van der Waals surface area contributed by atoms with Gasteiger partial charge >= 0.3 is 0 Å². The first kappa shape index (κ1) is 15.0. The lowest BCUT2D eigenvalue weighted by molar-refractivity contribution is 0.119. The molecule has 1 aromatic heterocycles. The fraction of sp³-hybridized carbons (Fsp3) is 0.750. The highest BCUT2D eigenvalue weighted by atomic mass is 32.1. The molecule has 2 heterocycles. The molecule has 1 fully saturated rings. The van der Waals surface area contributed by atoms with Crippen molar-refractivity contribution in [2.24, 2.45) is 17.6 Å². The van der Waals surface area contributed by atoms with Gasteiger partial charge in [0.25, 0.3) is 0 Å². The average Bonchev–Trinajstić information content (AvgIpc) is 2.89. The zero-order chi connectivity index (χ0) is 13.8. The number of aryl methyl sites for hydroxylation is 1. The molecular weight excluding hydrogens is 252 g/mol. The van der Waals surface area contributed by atoms with Gasteiger partial charge in [0, 0.05) is 16.3 Å². The quantitative estimate of drug-likeness (QED) is 0.891. The van der Waals surface area contributed by atoms with E-state index in [2.05, 4.69) is 37.8 Å². The van der Waals surface area contributed by atoms with Crippen molar-refractivity contribution in [2.75, 3.05) is 19.6 Å². The van der Waals surface area contributed by atoms with Crippen LogP contribution in [0, 0.1) is 11.8 Å². The minimum Gasteiger partial charge on any atom is -0.329 e. The molecule has 0 spiro atoms. The Hall–Kier alpha value is -0.380. The molecule has 0 radical (unpaired) electrons. The Morgan fingerprint density at radius 3 is 2.47 bits per heavy atom. The molecule has 1 saturated heterocycles. The second-order valence-corrected chi connectivity index (χ2v) is 7.23. The number of nitrogens with zero attached hydrogens (tertiary/aromatic N) is 1. The van der Waals surface area contributed by atoms with E-state index in [4.69, 9.17) is 5.73 Å². The standard InChI is InChI=1S/C16H28N2S/c1-4-14-5-6-16(19-14)15(11-17)18-9-7-13(8-10-18)12(2)3/h5-6,12-13,15H,4,7-11,17H2,1-3H3. The van der Waals surface area contributed by atoms with Gasteiger partial charge in [0.2, 0.25) is 0 Å². The molecule has 2 rings (SSSR count). The number of thiophene rings is 1. The molecule has 0 bridgehead atoms. The van der Waals surface area contributed by atoms with E-state index in [1.807, 2.05) is 11.3 Å². The van der Waals surface area contributed by atoms with Gasteiger partial charge < -0.3 is 5.73 Å². The normalized spacial score (nSPS) is 20.1. The van der Waals surface area contributed by atoms with Crippen molar-refractivity contribution in [1.82, 2.24) is 4.90 Å². The smallest absolute Gasteiger partial charge is 0.0564 e. The molecule has 1 aromatic rings. The molecule has 0 aromatic carbocycles. The molecule has 19 heavy (non-hydrogen) atoms. The van der Waals surface area contributed by atoms with Crippen molar-refractivity contribution in [2.45, 2.75) is 46.1 Å². The minimum atomic E-state index is 0.443. The monoisotopic (exact) mass is 280 g/mol. The summed E-state index contributed by atoms with van der Waals surface area (Å²) in [5, 5.41) is 0. The first-order valence-electron chi connectivity index (χ1n) is 7.68. The summed E-state index contributed by atoms with van der Waals surface area (Å²) < 4.78 is 0. The summed E-state index contributed by atoms with van der Waals surface area (Å²) in [6, 6.07) is 5.00.